The van der Waals surface area contributed by atoms with Crippen molar-refractivity contribution in [2.75, 3.05) is 20.8 Å². The van der Waals surface area contributed by atoms with Gasteiger partial charge < -0.3 is 24.5 Å². The minimum absolute atomic E-state index is 0.0184. The Balaban J connectivity index is 1.59. The molecule has 2 aromatic carbocycles. The van der Waals surface area contributed by atoms with Crippen LogP contribution in [0.25, 0.3) is 10.9 Å². The number of halogens is 2. The number of hydrogen-bond acceptors (Lipinski definition) is 5. The fourth-order valence-electron chi connectivity index (χ4n) is 4.59. The van der Waals surface area contributed by atoms with Crippen molar-refractivity contribution in [2.45, 2.75) is 30.7 Å². The Bertz CT molecular complexity index is 1250. The minimum atomic E-state index is -0.696. The van der Waals surface area contributed by atoms with Gasteiger partial charge in [0.25, 0.3) is 5.91 Å². The van der Waals surface area contributed by atoms with E-state index in [4.69, 9.17) is 21.1 Å². The Morgan fingerprint density at radius 1 is 1.24 bits per heavy atom. The summed E-state index contributed by atoms with van der Waals surface area (Å²) in [5.74, 6) is -1.42. The Hall–Kier alpha value is -3.10. The molecule has 3 aromatic rings. The zero-order valence-electron chi connectivity index (χ0n) is 19.2. The molecule has 4 rings (SSSR count). The highest BCUT2D eigenvalue weighted by molar-refractivity contribution is 6.36. The standard InChI is InChI=1S/C25H26ClFN2O5/c1-29-18-12-20(33-2)22(27)21(26)16(18)11-19(29)23(31)28-17(13-30)14-5-7-15(8-6-14)25(9-4-10-25)24(32)34-3/h5-8,11-12,17,30H,4,9-10,13H2,1-3H3,(H,28,31)/t17-/m1/s1. The first-order chi connectivity index (χ1) is 16.3. The quantitative estimate of drug-likeness (QED) is 0.490. The summed E-state index contributed by atoms with van der Waals surface area (Å²) in [6.45, 7) is -0.333. The number of amides is 1. The number of aryl methyl sites for hydroxylation is 1. The first kappa shape index (κ1) is 24.0. The Kier molecular flexibility index (Phi) is 6.55. The molecule has 2 N–H and O–H groups in total. The zero-order chi connectivity index (χ0) is 24.6. The van der Waals surface area contributed by atoms with Crippen LogP contribution in [0.4, 0.5) is 4.39 Å². The molecule has 1 aromatic heterocycles. The van der Waals surface area contributed by atoms with E-state index in [1.54, 1.807) is 23.7 Å². The molecule has 180 valence electrons. The highest BCUT2D eigenvalue weighted by Crippen LogP contribution is 2.45. The van der Waals surface area contributed by atoms with Crippen molar-refractivity contribution in [1.82, 2.24) is 9.88 Å². The number of hydrogen-bond donors (Lipinski definition) is 2. The zero-order valence-corrected chi connectivity index (χ0v) is 19.9. The molecule has 0 bridgehead atoms. The van der Waals surface area contributed by atoms with Crippen LogP contribution in [0.15, 0.2) is 36.4 Å². The highest BCUT2D eigenvalue weighted by Gasteiger charge is 2.46. The van der Waals surface area contributed by atoms with Crippen LogP contribution < -0.4 is 10.1 Å². The minimum Gasteiger partial charge on any atom is -0.494 e. The van der Waals surface area contributed by atoms with Crippen molar-refractivity contribution < 1.29 is 28.6 Å². The van der Waals surface area contributed by atoms with Crippen molar-refractivity contribution in [2.24, 2.45) is 7.05 Å². The maximum atomic E-state index is 14.4. The average molecular weight is 489 g/mol. The van der Waals surface area contributed by atoms with E-state index >= 15 is 0 Å². The fraction of sp³-hybridized carbons (Fsp3) is 0.360. The van der Waals surface area contributed by atoms with Crippen LogP contribution in [-0.4, -0.2) is 42.4 Å². The van der Waals surface area contributed by atoms with Gasteiger partial charge in [-0.25, -0.2) is 4.39 Å². The third kappa shape index (κ3) is 3.80. The second-order valence-electron chi connectivity index (χ2n) is 8.49. The molecule has 0 unspecified atom stereocenters. The lowest BCUT2D eigenvalue weighted by molar-refractivity contribution is -0.151. The number of esters is 1. The number of aliphatic hydroxyl groups excluding tert-OH is 1. The van der Waals surface area contributed by atoms with E-state index in [0.29, 0.717) is 16.5 Å². The molecule has 0 radical (unpaired) electrons. The number of carbonyl (C=O) groups is 2. The molecule has 0 aliphatic heterocycles. The molecule has 1 heterocycles. The van der Waals surface area contributed by atoms with Gasteiger partial charge >= 0.3 is 5.97 Å². The van der Waals surface area contributed by atoms with Crippen LogP contribution in [0, 0.1) is 5.82 Å². The van der Waals surface area contributed by atoms with Gasteiger partial charge in [0.05, 0.1) is 42.8 Å². The normalized spacial score (nSPS) is 15.5. The van der Waals surface area contributed by atoms with E-state index in [0.717, 1.165) is 24.8 Å². The van der Waals surface area contributed by atoms with Crippen LogP contribution in [0.1, 0.15) is 46.9 Å². The molecule has 0 spiro atoms. The number of benzene rings is 2. The van der Waals surface area contributed by atoms with Gasteiger partial charge in [0.1, 0.15) is 5.69 Å². The number of methoxy groups -OCH3 is 2. The maximum absolute atomic E-state index is 14.4. The monoisotopic (exact) mass is 488 g/mol. The smallest absolute Gasteiger partial charge is 0.316 e. The van der Waals surface area contributed by atoms with Gasteiger partial charge in [-0.3, -0.25) is 9.59 Å². The van der Waals surface area contributed by atoms with E-state index in [9.17, 15) is 19.1 Å². The Labute approximate surface area is 201 Å². The first-order valence-electron chi connectivity index (χ1n) is 10.9. The van der Waals surface area contributed by atoms with Gasteiger partial charge in [-0.05, 0) is 30.0 Å². The van der Waals surface area contributed by atoms with Gasteiger partial charge in [0.15, 0.2) is 11.6 Å². The van der Waals surface area contributed by atoms with Gasteiger partial charge in [-0.1, -0.05) is 42.3 Å². The highest BCUT2D eigenvalue weighted by atomic mass is 35.5. The first-order valence-corrected chi connectivity index (χ1v) is 11.3. The largest absolute Gasteiger partial charge is 0.494 e. The molecule has 1 aliphatic rings. The lowest BCUT2D eigenvalue weighted by atomic mass is 9.64. The van der Waals surface area contributed by atoms with Crippen LogP contribution >= 0.6 is 11.6 Å². The molecule has 34 heavy (non-hydrogen) atoms. The number of aromatic nitrogens is 1. The number of fused-ring (bicyclic) bond motifs is 1. The van der Waals surface area contributed by atoms with E-state index in [1.165, 1.54) is 26.4 Å². The number of nitrogens with zero attached hydrogens (tertiary/aromatic N) is 1. The number of rotatable bonds is 7. The molecule has 1 amide bonds. The summed E-state index contributed by atoms with van der Waals surface area (Å²) >= 11 is 6.16. The summed E-state index contributed by atoms with van der Waals surface area (Å²) < 4.78 is 26.0. The Morgan fingerprint density at radius 2 is 1.91 bits per heavy atom. The molecular weight excluding hydrogens is 463 g/mol. The van der Waals surface area contributed by atoms with Crippen molar-refractivity contribution in [3.63, 3.8) is 0 Å². The SMILES string of the molecule is COC(=O)C1(c2ccc([C@@H](CO)NC(=O)c3cc4c(Cl)c(F)c(OC)cc4n3C)cc2)CCC1. The van der Waals surface area contributed by atoms with E-state index in [-0.39, 0.29) is 29.0 Å². The van der Waals surface area contributed by atoms with E-state index in [1.807, 2.05) is 12.1 Å². The molecule has 1 saturated carbocycles. The predicted molar refractivity (Wildman–Crippen MR) is 126 cm³/mol. The lowest BCUT2D eigenvalue weighted by Gasteiger charge is -2.39. The summed E-state index contributed by atoms with van der Waals surface area (Å²) in [5.41, 5.74) is 1.70. The molecule has 7 nitrogen and oxygen atoms in total. The second-order valence-corrected chi connectivity index (χ2v) is 8.86. The van der Waals surface area contributed by atoms with E-state index in [2.05, 4.69) is 5.32 Å². The number of ether oxygens (including phenoxy) is 2. The van der Waals surface area contributed by atoms with Gasteiger partial charge in [-0.15, -0.1) is 0 Å². The number of aliphatic hydroxyl groups is 1. The average Bonchev–Trinajstić information content (AvgIpc) is 3.15. The Morgan fingerprint density at radius 3 is 2.44 bits per heavy atom. The summed E-state index contributed by atoms with van der Waals surface area (Å²) in [5, 5.41) is 13.0. The summed E-state index contributed by atoms with van der Waals surface area (Å²) in [6.07, 6.45) is 2.42. The van der Waals surface area contributed by atoms with Crippen molar-refractivity contribution in [3.8, 4) is 5.75 Å². The van der Waals surface area contributed by atoms with Gasteiger partial charge in [-0.2, -0.15) is 0 Å². The van der Waals surface area contributed by atoms with Crippen LogP contribution in [0.3, 0.4) is 0 Å². The summed E-state index contributed by atoms with van der Waals surface area (Å²) in [7, 11) is 4.39. The second kappa shape index (κ2) is 9.27. The lowest BCUT2D eigenvalue weighted by Crippen LogP contribution is -2.43. The molecular formula is C25H26ClFN2O5. The topological polar surface area (TPSA) is 89.8 Å². The molecule has 9 heteroatoms. The van der Waals surface area contributed by atoms with Gasteiger partial charge in [0.2, 0.25) is 0 Å². The van der Waals surface area contributed by atoms with Crippen molar-refractivity contribution in [3.05, 3.63) is 64.1 Å². The van der Waals surface area contributed by atoms with Gasteiger partial charge in [0, 0.05) is 18.5 Å². The number of nitrogens with one attached hydrogen (secondary N) is 1. The third-order valence-electron chi connectivity index (χ3n) is 6.78. The van der Waals surface area contributed by atoms with Crippen LogP contribution in [-0.2, 0) is 22.0 Å². The number of carbonyl (C=O) groups excluding carboxylic acids is 2. The molecule has 1 fully saturated rings. The molecule has 1 aliphatic carbocycles. The predicted octanol–water partition coefficient (Wildman–Crippen LogP) is 4.04. The maximum Gasteiger partial charge on any atom is 0.316 e. The van der Waals surface area contributed by atoms with Crippen molar-refractivity contribution >= 4 is 34.4 Å². The summed E-state index contributed by atoms with van der Waals surface area (Å²) in [6, 6.07) is 9.56. The molecule has 1 atom stereocenters. The molecule has 0 saturated heterocycles. The third-order valence-corrected chi connectivity index (χ3v) is 7.15. The van der Waals surface area contributed by atoms with Crippen LogP contribution in [0.2, 0.25) is 5.02 Å². The van der Waals surface area contributed by atoms with Crippen LogP contribution in [0.5, 0.6) is 5.75 Å². The van der Waals surface area contributed by atoms with E-state index < -0.39 is 23.2 Å². The fourth-order valence-corrected chi connectivity index (χ4v) is 4.83. The summed E-state index contributed by atoms with van der Waals surface area (Å²) in [4.78, 5) is 25.4. The van der Waals surface area contributed by atoms with Crippen molar-refractivity contribution in [1.29, 1.82) is 0 Å².